The minimum atomic E-state index is -0.332. The third-order valence-electron chi connectivity index (χ3n) is 4.41. The number of imidazole rings is 1. The molecule has 0 bridgehead atoms. The Labute approximate surface area is 161 Å². The number of pyridine rings is 1. The summed E-state index contributed by atoms with van der Waals surface area (Å²) >= 11 is 0. The van der Waals surface area contributed by atoms with Crippen molar-refractivity contribution >= 4 is 28.2 Å². The Morgan fingerprint density at radius 2 is 2.14 bits per heavy atom. The van der Waals surface area contributed by atoms with Gasteiger partial charge in [-0.15, -0.1) is 0 Å². The van der Waals surface area contributed by atoms with Gasteiger partial charge in [-0.3, -0.25) is 9.20 Å². The fourth-order valence-corrected chi connectivity index (χ4v) is 3.11. The second-order valence-electron chi connectivity index (χ2n) is 6.33. The molecule has 28 heavy (non-hydrogen) atoms. The zero-order valence-electron chi connectivity index (χ0n) is 15.9. The molecule has 0 spiro atoms. The van der Waals surface area contributed by atoms with Crippen LogP contribution in [0.2, 0.25) is 0 Å². The van der Waals surface area contributed by atoms with Crippen LogP contribution in [0.3, 0.4) is 0 Å². The van der Waals surface area contributed by atoms with Crippen LogP contribution < -0.4 is 10.2 Å². The molecule has 3 heterocycles. The fraction of sp³-hybridized carbons (Fsp3) is 0.190. The third kappa shape index (κ3) is 3.11. The van der Waals surface area contributed by atoms with Crippen LogP contribution in [0.15, 0.2) is 58.2 Å². The lowest BCUT2D eigenvalue weighted by Crippen LogP contribution is -2.21. The largest absolute Gasteiger partial charge is 0.490 e. The predicted octanol–water partition coefficient (Wildman–Crippen LogP) is 3.94. The molecular weight excluding hydrogens is 356 g/mol. The number of ether oxygens (including phenoxy) is 1. The number of nitrogens with zero attached hydrogens (tertiary/aromatic N) is 3. The maximum atomic E-state index is 12.7. The zero-order chi connectivity index (χ0) is 19.7. The summed E-state index contributed by atoms with van der Waals surface area (Å²) in [6.07, 6.45) is 1.80. The lowest BCUT2D eigenvalue weighted by Gasteiger charge is -2.03. The van der Waals surface area contributed by atoms with Gasteiger partial charge >= 0.3 is 0 Å². The van der Waals surface area contributed by atoms with Crippen LogP contribution in [0.1, 0.15) is 35.8 Å². The second kappa shape index (κ2) is 7.19. The number of rotatable bonds is 5. The highest BCUT2D eigenvalue weighted by molar-refractivity contribution is 6.02. The number of aryl methyl sites for hydroxylation is 1. The highest BCUT2D eigenvalue weighted by Crippen LogP contribution is 2.29. The first-order chi connectivity index (χ1) is 13.6. The maximum absolute atomic E-state index is 12.7. The van der Waals surface area contributed by atoms with Gasteiger partial charge < -0.3 is 9.15 Å². The zero-order valence-corrected chi connectivity index (χ0v) is 15.9. The fourth-order valence-electron chi connectivity index (χ4n) is 3.11. The van der Waals surface area contributed by atoms with Gasteiger partial charge in [0.05, 0.1) is 12.3 Å². The molecule has 0 aliphatic carbocycles. The molecule has 0 aliphatic rings. The number of amides is 1. The van der Waals surface area contributed by atoms with Gasteiger partial charge in [-0.2, -0.15) is 5.10 Å². The van der Waals surface area contributed by atoms with Crippen molar-refractivity contribution in [2.24, 2.45) is 5.10 Å². The van der Waals surface area contributed by atoms with E-state index in [1.54, 1.807) is 24.4 Å². The topological polar surface area (TPSA) is 81.1 Å². The van der Waals surface area contributed by atoms with Gasteiger partial charge in [-0.05, 0) is 45.0 Å². The molecule has 4 rings (SSSR count). The molecule has 0 atom stereocenters. The van der Waals surface area contributed by atoms with Gasteiger partial charge in [0.15, 0.2) is 17.1 Å². The molecule has 0 radical (unpaired) electrons. The number of aromatic nitrogens is 2. The van der Waals surface area contributed by atoms with Crippen LogP contribution in [0.25, 0.3) is 16.6 Å². The van der Waals surface area contributed by atoms with Crippen molar-refractivity contribution in [1.82, 2.24) is 14.8 Å². The minimum Gasteiger partial charge on any atom is -0.490 e. The molecule has 1 N–H and O–H groups in total. The van der Waals surface area contributed by atoms with Crippen molar-refractivity contribution in [1.29, 1.82) is 0 Å². The number of furan rings is 1. The maximum Gasteiger partial charge on any atom is 0.290 e. The molecule has 0 saturated heterocycles. The molecular formula is C21H20N4O3. The lowest BCUT2D eigenvalue weighted by molar-refractivity contribution is 0.0948. The van der Waals surface area contributed by atoms with Crippen LogP contribution in [0, 0.1) is 6.92 Å². The number of carbonyl (C=O) groups excluding carboxylic acids is 1. The van der Waals surface area contributed by atoms with Crippen LogP contribution in [0.4, 0.5) is 0 Å². The van der Waals surface area contributed by atoms with Crippen molar-refractivity contribution in [2.75, 3.05) is 6.61 Å². The van der Waals surface area contributed by atoms with E-state index in [-0.39, 0.29) is 5.91 Å². The van der Waals surface area contributed by atoms with Crippen LogP contribution in [-0.4, -0.2) is 27.6 Å². The summed E-state index contributed by atoms with van der Waals surface area (Å²) in [5, 5.41) is 5.13. The predicted molar refractivity (Wildman–Crippen MR) is 107 cm³/mol. The summed E-state index contributed by atoms with van der Waals surface area (Å²) in [5.74, 6) is 0.920. The van der Waals surface area contributed by atoms with E-state index in [1.807, 2.05) is 49.4 Å². The molecule has 142 valence electrons. The van der Waals surface area contributed by atoms with Crippen LogP contribution >= 0.6 is 0 Å². The summed E-state index contributed by atoms with van der Waals surface area (Å²) in [7, 11) is 0. The van der Waals surface area contributed by atoms with Crippen molar-refractivity contribution < 1.29 is 13.9 Å². The number of benzene rings is 1. The molecule has 7 nitrogen and oxygen atoms in total. The van der Waals surface area contributed by atoms with E-state index in [1.165, 1.54) is 0 Å². The first-order valence-electron chi connectivity index (χ1n) is 9.02. The Morgan fingerprint density at radius 1 is 1.29 bits per heavy atom. The van der Waals surface area contributed by atoms with Crippen molar-refractivity contribution in [2.45, 2.75) is 20.8 Å². The third-order valence-corrected chi connectivity index (χ3v) is 4.41. The number of nitrogens with one attached hydrogen (secondary N) is 1. The van der Waals surface area contributed by atoms with Crippen molar-refractivity contribution in [3.05, 3.63) is 65.8 Å². The average Bonchev–Trinajstić information content (AvgIpc) is 3.27. The number of hydrogen-bond acceptors (Lipinski definition) is 5. The summed E-state index contributed by atoms with van der Waals surface area (Å²) in [5.41, 5.74) is 5.63. The van der Waals surface area contributed by atoms with Crippen LogP contribution in [-0.2, 0) is 0 Å². The Hall–Kier alpha value is -3.61. The Bertz CT molecular complexity index is 1200. The monoisotopic (exact) mass is 376 g/mol. The number of para-hydroxylation sites is 1. The first-order valence-corrected chi connectivity index (χ1v) is 9.02. The number of hydrogen-bond donors (Lipinski definition) is 1. The smallest absolute Gasteiger partial charge is 0.290 e. The standard InChI is InChI=1S/C21H20N4O3/c1-4-27-16-9-7-8-15-12-17(28-20(15)16)13(2)23-24-21(26)19-14(3)22-18-10-5-6-11-25(18)19/h5-12H,4H2,1-3H3,(H,24,26)/b23-13-. The Balaban J connectivity index is 1.61. The Morgan fingerprint density at radius 3 is 2.96 bits per heavy atom. The second-order valence-corrected chi connectivity index (χ2v) is 6.33. The van der Waals surface area contributed by atoms with Gasteiger partial charge in [-0.25, -0.2) is 10.4 Å². The first kappa shape index (κ1) is 17.8. The van der Waals surface area contributed by atoms with E-state index < -0.39 is 0 Å². The summed E-state index contributed by atoms with van der Waals surface area (Å²) in [6, 6.07) is 13.2. The molecule has 0 aliphatic heterocycles. The number of hydrazone groups is 1. The minimum absolute atomic E-state index is 0.332. The molecule has 0 fully saturated rings. The highest BCUT2D eigenvalue weighted by Gasteiger charge is 2.16. The molecule has 0 unspecified atom stereocenters. The molecule has 3 aromatic heterocycles. The molecule has 1 amide bonds. The van der Waals surface area contributed by atoms with Crippen molar-refractivity contribution in [3.63, 3.8) is 0 Å². The summed E-state index contributed by atoms with van der Waals surface area (Å²) in [6.45, 7) is 6.05. The normalized spacial score (nSPS) is 11.9. The van der Waals surface area contributed by atoms with E-state index in [0.717, 1.165) is 5.39 Å². The van der Waals surface area contributed by atoms with Gasteiger partial charge in [0, 0.05) is 11.6 Å². The number of fused-ring (bicyclic) bond motifs is 2. The summed E-state index contributed by atoms with van der Waals surface area (Å²) < 4.78 is 13.2. The molecule has 1 aromatic carbocycles. The van der Waals surface area contributed by atoms with Gasteiger partial charge in [-0.1, -0.05) is 18.2 Å². The van der Waals surface area contributed by atoms with E-state index in [4.69, 9.17) is 9.15 Å². The quantitative estimate of drug-likeness (QED) is 0.422. The van der Waals surface area contributed by atoms with Crippen LogP contribution in [0.5, 0.6) is 5.75 Å². The molecule has 0 saturated carbocycles. The number of carbonyl (C=O) groups is 1. The van der Waals surface area contributed by atoms with E-state index >= 15 is 0 Å². The van der Waals surface area contributed by atoms with E-state index in [9.17, 15) is 4.79 Å². The molecule has 7 heteroatoms. The SMILES string of the molecule is CCOc1cccc2cc(/C(C)=N\NC(=O)c3c(C)nc4ccccn34)oc12. The van der Waals surface area contributed by atoms with Gasteiger partial charge in [0.2, 0.25) is 0 Å². The van der Waals surface area contributed by atoms with Gasteiger partial charge in [0.25, 0.3) is 5.91 Å². The van der Waals surface area contributed by atoms with E-state index in [2.05, 4.69) is 15.5 Å². The Kier molecular flexibility index (Phi) is 4.57. The highest BCUT2D eigenvalue weighted by atomic mass is 16.5. The lowest BCUT2D eigenvalue weighted by atomic mass is 10.2. The summed E-state index contributed by atoms with van der Waals surface area (Å²) in [4.78, 5) is 17.1. The van der Waals surface area contributed by atoms with Crippen molar-refractivity contribution in [3.8, 4) is 5.75 Å². The van der Waals surface area contributed by atoms with E-state index in [0.29, 0.717) is 46.4 Å². The van der Waals surface area contributed by atoms with Gasteiger partial charge in [0.1, 0.15) is 17.1 Å². The average molecular weight is 376 g/mol. The molecule has 4 aromatic rings.